The lowest BCUT2D eigenvalue weighted by atomic mass is 10.1. The van der Waals surface area contributed by atoms with Crippen LogP contribution in [0.4, 0.5) is 0 Å². The summed E-state index contributed by atoms with van der Waals surface area (Å²) in [6, 6.07) is 4.80. The average molecular weight is 221 g/mol. The van der Waals surface area contributed by atoms with Gasteiger partial charge in [0.25, 0.3) is 0 Å². The van der Waals surface area contributed by atoms with Crippen molar-refractivity contribution in [2.75, 3.05) is 7.11 Å². The summed E-state index contributed by atoms with van der Waals surface area (Å²) >= 11 is 0. The number of nitriles is 1. The van der Waals surface area contributed by atoms with Gasteiger partial charge in [0.15, 0.2) is 11.5 Å². The van der Waals surface area contributed by atoms with E-state index in [1.54, 1.807) is 0 Å². The number of rotatable bonds is 4. The van der Waals surface area contributed by atoms with Crippen molar-refractivity contribution in [1.29, 1.82) is 5.26 Å². The van der Waals surface area contributed by atoms with E-state index < -0.39 is 5.97 Å². The number of carboxylic acids is 1. The van der Waals surface area contributed by atoms with E-state index >= 15 is 0 Å². The van der Waals surface area contributed by atoms with Gasteiger partial charge in [0, 0.05) is 6.42 Å². The van der Waals surface area contributed by atoms with Crippen molar-refractivity contribution in [1.82, 2.24) is 0 Å². The molecule has 0 amide bonds. The maximum absolute atomic E-state index is 10.4. The Bertz CT molecular complexity index is 448. The second-order valence-corrected chi connectivity index (χ2v) is 3.20. The first-order valence-corrected chi connectivity index (χ1v) is 4.60. The zero-order valence-corrected chi connectivity index (χ0v) is 8.73. The maximum Gasteiger partial charge on any atom is 0.303 e. The summed E-state index contributed by atoms with van der Waals surface area (Å²) in [5.41, 5.74) is 0.792. The molecule has 16 heavy (non-hydrogen) atoms. The number of phenolic OH excluding ortho intramolecular Hbond substituents is 1. The third-order valence-corrected chi connectivity index (χ3v) is 2.08. The van der Waals surface area contributed by atoms with Gasteiger partial charge in [-0.15, -0.1) is 0 Å². The zero-order valence-electron chi connectivity index (χ0n) is 8.73. The van der Waals surface area contributed by atoms with E-state index in [2.05, 4.69) is 0 Å². The smallest absolute Gasteiger partial charge is 0.303 e. The second kappa shape index (κ2) is 5.03. The minimum absolute atomic E-state index is 0.0450. The Morgan fingerprint density at radius 3 is 2.75 bits per heavy atom. The number of phenols is 1. The number of carbonyl (C=O) groups is 1. The Balaban J connectivity index is 3.02. The van der Waals surface area contributed by atoms with Crippen LogP contribution in [0.3, 0.4) is 0 Å². The SMILES string of the molecule is COc1c(O)cc(CCC(=O)O)cc1C#N. The summed E-state index contributed by atoms with van der Waals surface area (Å²) in [6.45, 7) is 0. The highest BCUT2D eigenvalue weighted by Crippen LogP contribution is 2.31. The first kappa shape index (κ1) is 11.9. The van der Waals surface area contributed by atoms with Crippen molar-refractivity contribution in [2.24, 2.45) is 0 Å². The van der Waals surface area contributed by atoms with E-state index in [9.17, 15) is 9.90 Å². The molecule has 5 heteroatoms. The highest BCUT2D eigenvalue weighted by molar-refractivity contribution is 5.67. The Morgan fingerprint density at radius 2 is 2.25 bits per heavy atom. The molecule has 0 radical (unpaired) electrons. The molecule has 0 atom stereocenters. The van der Waals surface area contributed by atoms with E-state index in [1.165, 1.54) is 19.2 Å². The normalized spacial score (nSPS) is 9.50. The van der Waals surface area contributed by atoms with Gasteiger partial charge in [-0.25, -0.2) is 0 Å². The van der Waals surface area contributed by atoms with Gasteiger partial charge < -0.3 is 14.9 Å². The van der Waals surface area contributed by atoms with Crippen LogP contribution in [0.15, 0.2) is 12.1 Å². The summed E-state index contributed by atoms with van der Waals surface area (Å²) in [5.74, 6) is -0.961. The molecular weight excluding hydrogens is 210 g/mol. The first-order chi connectivity index (χ1) is 7.58. The topological polar surface area (TPSA) is 90.6 Å². The van der Waals surface area contributed by atoms with Crippen molar-refractivity contribution in [3.8, 4) is 17.6 Å². The van der Waals surface area contributed by atoms with Gasteiger partial charge in [0.2, 0.25) is 0 Å². The lowest BCUT2D eigenvalue weighted by Gasteiger charge is -2.07. The second-order valence-electron chi connectivity index (χ2n) is 3.20. The van der Waals surface area contributed by atoms with E-state index in [0.29, 0.717) is 5.56 Å². The fourth-order valence-electron chi connectivity index (χ4n) is 1.36. The molecule has 0 bridgehead atoms. The standard InChI is InChI=1S/C11H11NO4/c1-16-11-8(6-12)4-7(5-9(11)13)2-3-10(14)15/h4-5,13H,2-3H2,1H3,(H,14,15). The summed E-state index contributed by atoms with van der Waals surface area (Å²) in [7, 11) is 1.35. The summed E-state index contributed by atoms with van der Waals surface area (Å²) in [5, 5.41) is 26.9. The van der Waals surface area contributed by atoms with Crippen LogP contribution in [0, 0.1) is 11.3 Å². The molecule has 0 aliphatic rings. The van der Waals surface area contributed by atoms with E-state index in [-0.39, 0.29) is 29.9 Å². The molecule has 1 aromatic rings. The molecule has 5 nitrogen and oxygen atoms in total. The highest BCUT2D eigenvalue weighted by atomic mass is 16.5. The Morgan fingerprint density at radius 1 is 1.56 bits per heavy atom. The first-order valence-electron chi connectivity index (χ1n) is 4.60. The Labute approximate surface area is 92.5 Å². The maximum atomic E-state index is 10.4. The number of hydrogen-bond acceptors (Lipinski definition) is 4. The van der Waals surface area contributed by atoms with Gasteiger partial charge in [0.05, 0.1) is 12.7 Å². The quantitative estimate of drug-likeness (QED) is 0.799. The van der Waals surface area contributed by atoms with Gasteiger partial charge in [0.1, 0.15) is 6.07 Å². The number of methoxy groups -OCH3 is 1. The van der Waals surface area contributed by atoms with Gasteiger partial charge in [-0.3, -0.25) is 4.79 Å². The number of nitrogens with zero attached hydrogens (tertiary/aromatic N) is 1. The lowest BCUT2D eigenvalue weighted by molar-refractivity contribution is -0.136. The van der Waals surface area contributed by atoms with Crippen molar-refractivity contribution < 1.29 is 19.7 Å². The largest absolute Gasteiger partial charge is 0.504 e. The summed E-state index contributed by atoms with van der Waals surface area (Å²) < 4.78 is 4.86. The van der Waals surface area contributed by atoms with Crippen LogP contribution in [-0.4, -0.2) is 23.3 Å². The predicted molar refractivity (Wildman–Crippen MR) is 55.3 cm³/mol. The van der Waals surface area contributed by atoms with Crippen molar-refractivity contribution in [2.45, 2.75) is 12.8 Å². The monoisotopic (exact) mass is 221 g/mol. The van der Waals surface area contributed by atoms with Crippen molar-refractivity contribution in [3.63, 3.8) is 0 Å². The molecule has 0 aliphatic heterocycles. The highest BCUT2D eigenvalue weighted by Gasteiger charge is 2.11. The minimum Gasteiger partial charge on any atom is -0.504 e. The van der Waals surface area contributed by atoms with Crippen LogP contribution in [0.1, 0.15) is 17.5 Å². The van der Waals surface area contributed by atoms with E-state index in [4.69, 9.17) is 15.1 Å². The fraction of sp³-hybridized carbons (Fsp3) is 0.273. The number of hydrogen-bond donors (Lipinski definition) is 2. The van der Waals surface area contributed by atoms with Crippen LogP contribution < -0.4 is 4.74 Å². The third kappa shape index (κ3) is 2.64. The van der Waals surface area contributed by atoms with E-state index in [0.717, 1.165) is 0 Å². The number of aryl methyl sites for hydroxylation is 1. The van der Waals surface area contributed by atoms with Crippen LogP contribution >= 0.6 is 0 Å². The molecule has 0 unspecified atom stereocenters. The van der Waals surface area contributed by atoms with Crippen LogP contribution in [0.25, 0.3) is 0 Å². The number of benzene rings is 1. The Hall–Kier alpha value is -2.22. The molecule has 0 heterocycles. The Kier molecular flexibility index (Phi) is 3.72. The predicted octanol–water partition coefficient (Wildman–Crippen LogP) is 1.29. The fourth-order valence-corrected chi connectivity index (χ4v) is 1.36. The van der Waals surface area contributed by atoms with Crippen LogP contribution in [-0.2, 0) is 11.2 Å². The molecule has 84 valence electrons. The molecule has 0 spiro atoms. The number of carboxylic acid groups (broad SMARTS) is 1. The van der Waals surface area contributed by atoms with Crippen molar-refractivity contribution >= 4 is 5.97 Å². The van der Waals surface area contributed by atoms with Crippen LogP contribution in [0.2, 0.25) is 0 Å². The third-order valence-electron chi connectivity index (χ3n) is 2.08. The number of ether oxygens (including phenoxy) is 1. The molecule has 0 fully saturated rings. The molecule has 0 saturated carbocycles. The summed E-state index contributed by atoms with van der Waals surface area (Å²) in [6.07, 6.45) is 0.220. The number of aromatic hydroxyl groups is 1. The average Bonchev–Trinajstić information content (AvgIpc) is 2.25. The molecule has 0 aliphatic carbocycles. The molecule has 2 N–H and O–H groups in total. The molecule has 1 rings (SSSR count). The van der Waals surface area contributed by atoms with Gasteiger partial charge >= 0.3 is 5.97 Å². The van der Waals surface area contributed by atoms with E-state index in [1.807, 2.05) is 6.07 Å². The zero-order chi connectivity index (χ0) is 12.1. The molecule has 1 aromatic carbocycles. The lowest BCUT2D eigenvalue weighted by Crippen LogP contribution is -1.98. The van der Waals surface area contributed by atoms with Gasteiger partial charge in [-0.2, -0.15) is 5.26 Å². The van der Waals surface area contributed by atoms with Crippen LogP contribution in [0.5, 0.6) is 11.5 Å². The summed E-state index contributed by atoms with van der Waals surface area (Å²) in [4.78, 5) is 10.4. The molecule has 0 aromatic heterocycles. The van der Waals surface area contributed by atoms with Gasteiger partial charge in [-0.1, -0.05) is 0 Å². The van der Waals surface area contributed by atoms with Crippen molar-refractivity contribution in [3.05, 3.63) is 23.3 Å². The molecular formula is C11H11NO4. The minimum atomic E-state index is -0.922. The van der Waals surface area contributed by atoms with Gasteiger partial charge in [-0.05, 0) is 24.1 Å². The molecule has 0 saturated heterocycles. The number of aliphatic carboxylic acids is 1.